The van der Waals surface area contributed by atoms with E-state index in [4.69, 9.17) is 0 Å². The molecule has 1 N–H and O–H groups in total. The molecule has 2 nitrogen and oxygen atoms in total. The molecule has 16 heavy (non-hydrogen) atoms. The van der Waals surface area contributed by atoms with Gasteiger partial charge in [0.2, 0.25) is 0 Å². The summed E-state index contributed by atoms with van der Waals surface area (Å²) in [4.78, 5) is 11.8. The average Bonchev–Trinajstić information content (AvgIpc) is 3.01. The first-order valence-corrected chi connectivity index (χ1v) is 5.69. The van der Waals surface area contributed by atoms with E-state index in [0.717, 1.165) is 12.1 Å². The highest BCUT2D eigenvalue weighted by Crippen LogP contribution is 2.18. The van der Waals surface area contributed by atoms with Gasteiger partial charge in [0.1, 0.15) is 5.82 Å². The highest BCUT2D eigenvalue weighted by Gasteiger charge is 2.20. The number of rotatable bonds is 5. The van der Waals surface area contributed by atoms with Crippen molar-refractivity contribution >= 4 is 5.78 Å². The Labute approximate surface area is 94.9 Å². The first-order chi connectivity index (χ1) is 7.66. The summed E-state index contributed by atoms with van der Waals surface area (Å²) in [6.45, 7) is 2.49. The van der Waals surface area contributed by atoms with E-state index in [1.807, 2.05) is 0 Å². The van der Waals surface area contributed by atoms with Crippen molar-refractivity contribution in [1.29, 1.82) is 0 Å². The van der Waals surface area contributed by atoms with Crippen LogP contribution in [-0.2, 0) is 0 Å². The van der Waals surface area contributed by atoms with Gasteiger partial charge in [-0.2, -0.15) is 0 Å². The zero-order valence-corrected chi connectivity index (χ0v) is 9.42. The van der Waals surface area contributed by atoms with Crippen LogP contribution in [0, 0.1) is 12.7 Å². The molecule has 0 atom stereocenters. The summed E-state index contributed by atoms with van der Waals surface area (Å²) in [6, 6.07) is 4.95. The Morgan fingerprint density at radius 2 is 2.25 bits per heavy atom. The van der Waals surface area contributed by atoms with Crippen LogP contribution >= 0.6 is 0 Å². The van der Waals surface area contributed by atoms with E-state index in [1.54, 1.807) is 13.0 Å². The fourth-order valence-electron chi connectivity index (χ4n) is 1.75. The molecule has 1 aromatic rings. The van der Waals surface area contributed by atoms with E-state index < -0.39 is 0 Å². The summed E-state index contributed by atoms with van der Waals surface area (Å²) in [7, 11) is 0. The van der Waals surface area contributed by atoms with Gasteiger partial charge in [-0.25, -0.2) is 4.39 Å². The fraction of sp³-hybridized carbons (Fsp3) is 0.462. The van der Waals surface area contributed by atoms with Gasteiger partial charge in [0, 0.05) is 24.6 Å². The Morgan fingerprint density at radius 1 is 1.50 bits per heavy atom. The average molecular weight is 221 g/mol. The molecule has 0 aromatic heterocycles. The number of ketones is 1. The van der Waals surface area contributed by atoms with Gasteiger partial charge in [0.05, 0.1) is 0 Å². The number of aryl methyl sites for hydroxylation is 1. The van der Waals surface area contributed by atoms with Gasteiger partial charge in [-0.15, -0.1) is 0 Å². The van der Waals surface area contributed by atoms with Gasteiger partial charge in [0.25, 0.3) is 0 Å². The Hall–Kier alpha value is -1.22. The van der Waals surface area contributed by atoms with Crippen LogP contribution in [0.3, 0.4) is 0 Å². The van der Waals surface area contributed by atoms with Crippen LogP contribution in [0.4, 0.5) is 4.39 Å². The third-order valence-electron chi connectivity index (χ3n) is 2.85. The second-order valence-corrected chi connectivity index (χ2v) is 4.36. The van der Waals surface area contributed by atoms with Crippen molar-refractivity contribution in [3.05, 3.63) is 35.1 Å². The second-order valence-electron chi connectivity index (χ2n) is 4.36. The van der Waals surface area contributed by atoms with Gasteiger partial charge in [-0.1, -0.05) is 0 Å². The molecule has 0 aliphatic heterocycles. The minimum atomic E-state index is -0.287. The van der Waals surface area contributed by atoms with Gasteiger partial charge in [0.15, 0.2) is 5.78 Å². The number of nitrogens with one attached hydrogen (secondary N) is 1. The molecule has 0 spiro atoms. The lowest BCUT2D eigenvalue weighted by Gasteiger charge is -2.05. The third-order valence-corrected chi connectivity index (χ3v) is 2.85. The van der Waals surface area contributed by atoms with Crippen molar-refractivity contribution in [1.82, 2.24) is 5.32 Å². The zero-order valence-electron chi connectivity index (χ0n) is 9.42. The molecule has 1 aromatic carbocycles. The monoisotopic (exact) mass is 221 g/mol. The van der Waals surface area contributed by atoms with Crippen LogP contribution in [-0.4, -0.2) is 18.4 Å². The van der Waals surface area contributed by atoms with E-state index >= 15 is 0 Å². The van der Waals surface area contributed by atoms with Crippen LogP contribution in [0.25, 0.3) is 0 Å². The Kier molecular flexibility index (Phi) is 3.34. The van der Waals surface area contributed by atoms with Crippen LogP contribution in [0.1, 0.15) is 35.2 Å². The van der Waals surface area contributed by atoms with E-state index in [-0.39, 0.29) is 11.6 Å². The third kappa shape index (κ3) is 2.89. The fourth-order valence-corrected chi connectivity index (χ4v) is 1.75. The SMILES string of the molecule is Cc1cc(F)ccc1C(=O)CCNC1CC1. The summed E-state index contributed by atoms with van der Waals surface area (Å²) >= 11 is 0. The molecular formula is C13H16FNO. The minimum absolute atomic E-state index is 0.0886. The van der Waals surface area contributed by atoms with Gasteiger partial charge >= 0.3 is 0 Å². The van der Waals surface area contributed by atoms with Crippen LogP contribution in [0.5, 0.6) is 0 Å². The predicted molar refractivity (Wildman–Crippen MR) is 61.1 cm³/mol. The summed E-state index contributed by atoms with van der Waals surface area (Å²) in [5.41, 5.74) is 1.36. The number of Topliss-reactive ketones (excluding diaryl/α,β-unsaturated/α-hetero) is 1. The van der Waals surface area contributed by atoms with E-state index in [2.05, 4.69) is 5.32 Å². The molecule has 2 rings (SSSR count). The van der Waals surface area contributed by atoms with Gasteiger partial charge in [-0.05, 0) is 43.5 Å². The van der Waals surface area contributed by atoms with Crippen molar-refractivity contribution < 1.29 is 9.18 Å². The molecule has 1 fully saturated rings. The first kappa shape index (κ1) is 11.3. The number of hydrogen-bond donors (Lipinski definition) is 1. The zero-order chi connectivity index (χ0) is 11.5. The topological polar surface area (TPSA) is 29.1 Å². The van der Waals surface area contributed by atoms with Crippen LogP contribution < -0.4 is 5.32 Å². The van der Waals surface area contributed by atoms with Crippen molar-refractivity contribution in [3.8, 4) is 0 Å². The Bertz CT molecular complexity index is 399. The predicted octanol–water partition coefficient (Wildman–Crippen LogP) is 2.46. The molecule has 1 aliphatic rings. The van der Waals surface area contributed by atoms with Crippen molar-refractivity contribution in [3.63, 3.8) is 0 Å². The molecule has 0 saturated heterocycles. The summed E-state index contributed by atoms with van der Waals surface area (Å²) in [5.74, 6) is -0.198. The summed E-state index contributed by atoms with van der Waals surface area (Å²) in [5, 5.41) is 3.29. The Balaban J connectivity index is 1.91. The molecule has 0 bridgehead atoms. The standard InChI is InChI=1S/C13H16FNO/c1-9-8-10(14)2-5-12(9)13(16)6-7-15-11-3-4-11/h2,5,8,11,15H,3-4,6-7H2,1H3. The highest BCUT2D eigenvalue weighted by molar-refractivity contribution is 5.97. The number of carbonyl (C=O) groups excluding carboxylic acids is 1. The molecular weight excluding hydrogens is 205 g/mol. The quantitative estimate of drug-likeness (QED) is 0.774. The van der Waals surface area contributed by atoms with Gasteiger partial charge < -0.3 is 5.32 Å². The minimum Gasteiger partial charge on any atom is -0.314 e. The lowest BCUT2D eigenvalue weighted by atomic mass is 10.0. The number of halogens is 1. The number of benzene rings is 1. The first-order valence-electron chi connectivity index (χ1n) is 5.69. The molecule has 1 aliphatic carbocycles. The van der Waals surface area contributed by atoms with Crippen molar-refractivity contribution in [2.45, 2.75) is 32.2 Å². The maximum Gasteiger partial charge on any atom is 0.164 e. The van der Waals surface area contributed by atoms with Crippen LogP contribution in [0.15, 0.2) is 18.2 Å². The maximum absolute atomic E-state index is 12.9. The van der Waals surface area contributed by atoms with Crippen molar-refractivity contribution in [2.24, 2.45) is 0 Å². The molecule has 0 heterocycles. The largest absolute Gasteiger partial charge is 0.314 e. The number of carbonyl (C=O) groups is 1. The highest BCUT2D eigenvalue weighted by atomic mass is 19.1. The molecule has 0 unspecified atom stereocenters. The maximum atomic E-state index is 12.9. The van der Waals surface area contributed by atoms with Crippen LogP contribution in [0.2, 0.25) is 0 Å². The molecule has 0 radical (unpaired) electrons. The number of hydrogen-bond acceptors (Lipinski definition) is 2. The van der Waals surface area contributed by atoms with Gasteiger partial charge in [-0.3, -0.25) is 4.79 Å². The summed E-state index contributed by atoms with van der Waals surface area (Å²) in [6.07, 6.45) is 2.94. The van der Waals surface area contributed by atoms with E-state index in [9.17, 15) is 9.18 Å². The molecule has 0 amide bonds. The van der Waals surface area contributed by atoms with E-state index in [0.29, 0.717) is 18.0 Å². The van der Waals surface area contributed by atoms with E-state index in [1.165, 1.54) is 25.0 Å². The smallest absolute Gasteiger partial charge is 0.164 e. The molecule has 3 heteroatoms. The summed E-state index contributed by atoms with van der Waals surface area (Å²) < 4.78 is 12.9. The second kappa shape index (κ2) is 4.74. The van der Waals surface area contributed by atoms with Crippen molar-refractivity contribution in [2.75, 3.05) is 6.54 Å². The normalized spacial score (nSPS) is 15.1. The molecule has 1 saturated carbocycles. The lowest BCUT2D eigenvalue weighted by Crippen LogP contribution is -2.20. The Morgan fingerprint density at radius 3 is 2.88 bits per heavy atom. The lowest BCUT2D eigenvalue weighted by molar-refractivity contribution is 0.0982. The molecule has 86 valence electrons.